The second-order valence-corrected chi connectivity index (χ2v) is 9.39. The number of carbonyl (C=O) groups excluding carboxylic acids is 1. The number of benzene rings is 2. The van der Waals surface area contributed by atoms with Gasteiger partial charge in [-0.2, -0.15) is 0 Å². The molecule has 30 heavy (non-hydrogen) atoms. The van der Waals surface area contributed by atoms with Crippen molar-refractivity contribution in [2.45, 2.75) is 37.5 Å². The number of halogens is 1. The molecule has 1 atom stereocenters. The Bertz CT molecular complexity index is 905. The van der Waals surface area contributed by atoms with Crippen LogP contribution in [-0.2, 0) is 19.4 Å². The van der Waals surface area contributed by atoms with Crippen LogP contribution in [0.2, 0.25) is 5.02 Å². The molecule has 2 heterocycles. The summed E-state index contributed by atoms with van der Waals surface area (Å²) in [5, 5.41) is 13.5. The van der Waals surface area contributed by atoms with E-state index in [4.69, 9.17) is 11.6 Å². The van der Waals surface area contributed by atoms with Gasteiger partial charge in [0.15, 0.2) is 0 Å². The summed E-state index contributed by atoms with van der Waals surface area (Å²) >= 11 is 8.36. The van der Waals surface area contributed by atoms with Gasteiger partial charge in [0, 0.05) is 23.9 Å². The summed E-state index contributed by atoms with van der Waals surface area (Å²) in [5.74, 6) is -0.00520. The van der Waals surface area contributed by atoms with Gasteiger partial charge >= 0.3 is 0 Å². The highest BCUT2D eigenvalue weighted by Crippen LogP contribution is 2.31. The molecule has 2 aromatic rings. The van der Waals surface area contributed by atoms with Crippen LogP contribution in [0.25, 0.3) is 0 Å². The minimum atomic E-state index is -0.00520. The van der Waals surface area contributed by atoms with Crippen LogP contribution in [0.15, 0.2) is 47.9 Å². The summed E-state index contributed by atoms with van der Waals surface area (Å²) in [4.78, 5) is 12.4. The van der Waals surface area contributed by atoms with Gasteiger partial charge in [0.1, 0.15) is 0 Å². The molecule has 0 fully saturated rings. The molecular weight excluding hydrogens is 414 g/mol. The van der Waals surface area contributed by atoms with Crippen molar-refractivity contribution < 1.29 is 4.79 Å². The number of allylic oxidation sites excluding steroid dienone is 1. The Labute approximate surface area is 187 Å². The van der Waals surface area contributed by atoms with Crippen LogP contribution >= 0.6 is 23.4 Å². The molecule has 0 saturated heterocycles. The molecule has 0 aromatic heterocycles. The predicted molar refractivity (Wildman–Crippen MR) is 128 cm³/mol. The minimum Gasteiger partial charge on any atom is -0.380 e. The normalized spacial score (nSPS) is 18.0. The molecule has 0 saturated carbocycles. The van der Waals surface area contributed by atoms with E-state index in [9.17, 15) is 4.79 Å². The number of nitrogens with one attached hydrogen (secondary N) is 3. The van der Waals surface area contributed by atoms with E-state index in [0.717, 1.165) is 55.0 Å². The molecule has 0 bridgehead atoms. The van der Waals surface area contributed by atoms with Gasteiger partial charge in [-0.25, -0.2) is 0 Å². The number of fused-ring (bicyclic) bond motifs is 1. The molecule has 0 spiro atoms. The molecule has 1 amide bonds. The van der Waals surface area contributed by atoms with Crippen molar-refractivity contribution in [1.29, 1.82) is 0 Å². The van der Waals surface area contributed by atoms with Crippen molar-refractivity contribution in [2.24, 2.45) is 0 Å². The van der Waals surface area contributed by atoms with E-state index >= 15 is 0 Å². The first-order valence-electron chi connectivity index (χ1n) is 10.6. The summed E-state index contributed by atoms with van der Waals surface area (Å²) in [5.41, 5.74) is 5.55. The van der Waals surface area contributed by atoms with E-state index in [0.29, 0.717) is 23.9 Å². The van der Waals surface area contributed by atoms with Crippen LogP contribution in [0.5, 0.6) is 0 Å². The fourth-order valence-corrected chi connectivity index (χ4v) is 5.13. The van der Waals surface area contributed by atoms with Gasteiger partial charge < -0.3 is 16.0 Å². The number of amides is 1. The van der Waals surface area contributed by atoms with E-state index in [1.54, 1.807) is 0 Å². The second-order valence-electron chi connectivity index (χ2n) is 7.77. The fourth-order valence-electron chi connectivity index (χ4n) is 3.96. The molecule has 1 unspecified atom stereocenters. The third kappa shape index (κ3) is 5.39. The van der Waals surface area contributed by atoms with Gasteiger partial charge in [0.2, 0.25) is 0 Å². The molecule has 2 aromatic carbocycles. The van der Waals surface area contributed by atoms with Gasteiger partial charge in [-0.1, -0.05) is 35.9 Å². The highest BCUT2D eigenvalue weighted by atomic mass is 35.5. The van der Waals surface area contributed by atoms with Crippen LogP contribution in [-0.4, -0.2) is 30.8 Å². The SMILES string of the molecule is O=C(NCCC1CC=CS1)c1ccc(CNc2c(Cl)ccc3c2CCNCC3)cc1. The number of thioether (sulfide) groups is 1. The summed E-state index contributed by atoms with van der Waals surface area (Å²) in [6, 6.07) is 11.9. The maximum atomic E-state index is 12.4. The first-order chi connectivity index (χ1) is 14.7. The summed E-state index contributed by atoms with van der Waals surface area (Å²) in [6.07, 6.45) is 6.31. The number of rotatable bonds is 7. The first kappa shape index (κ1) is 21.3. The molecule has 3 N–H and O–H groups in total. The number of anilines is 1. The summed E-state index contributed by atoms with van der Waals surface area (Å²) < 4.78 is 0. The summed E-state index contributed by atoms with van der Waals surface area (Å²) in [6.45, 7) is 3.38. The lowest BCUT2D eigenvalue weighted by atomic mass is 10.0. The number of hydrogen-bond donors (Lipinski definition) is 3. The standard InChI is InChI=1S/C24H28ClN3OS/c25-22-8-7-18-9-12-26-13-11-21(18)23(22)28-16-17-3-5-19(6-4-17)24(29)27-14-10-20-2-1-15-30-20/h1,3-8,15,20,26,28H,2,9-14,16H2,(H,27,29). The monoisotopic (exact) mass is 441 g/mol. The molecule has 158 valence electrons. The molecule has 2 aliphatic heterocycles. The van der Waals surface area contributed by atoms with Gasteiger partial charge in [-0.15, -0.1) is 11.8 Å². The van der Waals surface area contributed by atoms with E-state index in [2.05, 4.69) is 33.5 Å². The van der Waals surface area contributed by atoms with Crippen molar-refractivity contribution in [2.75, 3.05) is 25.0 Å². The fraction of sp³-hybridized carbons (Fsp3) is 0.375. The van der Waals surface area contributed by atoms with Crippen LogP contribution in [0.3, 0.4) is 0 Å². The van der Waals surface area contributed by atoms with Gasteiger partial charge in [0.05, 0.1) is 10.7 Å². The first-order valence-corrected chi connectivity index (χ1v) is 12.0. The van der Waals surface area contributed by atoms with Crippen LogP contribution < -0.4 is 16.0 Å². The van der Waals surface area contributed by atoms with E-state index in [-0.39, 0.29) is 5.91 Å². The molecule has 4 rings (SSSR count). The van der Waals surface area contributed by atoms with Gasteiger partial charge in [0.25, 0.3) is 5.91 Å². The Hall–Kier alpha value is -1.95. The molecule has 6 heteroatoms. The minimum absolute atomic E-state index is 0.00520. The Morgan fingerprint density at radius 3 is 2.77 bits per heavy atom. The highest BCUT2D eigenvalue weighted by Gasteiger charge is 2.15. The Morgan fingerprint density at radius 1 is 1.13 bits per heavy atom. The molecular formula is C24H28ClN3OS. The maximum absolute atomic E-state index is 12.4. The predicted octanol–water partition coefficient (Wildman–Crippen LogP) is 4.78. The number of carbonyl (C=O) groups is 1. The lowest BCUT2D eigenvalue weighted by Gasteiger charge is -2.16. The van der Waals surface area contributed by atoms with Crippen molar-refractivity contribution in [3.05, 3.63) is 75.2 Å². The highest BCUT2D eigenvalue weighted by molar-refractivity contribution is 8.03. The second kappa shape index (κ2) is 10.4. The van der Waals surface area contributed by atoms with Gasteiger partial charge in [-0.3, -0.25) is 4.79 Å². The zero-order valence-corrected chi connectivity index (χ0v) is 18.6. The lowest BCUT2D eigenvalue weighted by Crippen LogP contribution is -2.26. The Morgan fingerprint density at radius 2 is 1.97 bits per heavy atom. The molecule has 4 nitrogen and oxygen atoms in total. The largest absolute Gasteiger partial charge is 0.380 e. The maximum Gasteiger partial charge on any atom is 0.251 e. The smallest absolute Gasteiger partial charge is 0.251 e. The number of hydrogen-bond acceptors (Lipinski definition) is 4. The third-order valence-corrected chi connectivity index (χ3v) is 7.16. The van der Waals surface area contributed by atoms with E-state index in [1.807, 2.05) is 42.1 Å². The lowest BCUT2D eigenvalue weighted by molar-refractivity contribution is 0.0953. The Kier molecular flexibility index (Phi) is 7.37. The third-order valence-electron chi connectivity index (χ3n) is 5.69. The van der Waals surface area contributed by atoms with Crippen LogP contribution in [0, 0.1) is 0 Å². The molecule has 2 aliphatic rings. The van der Waals surface area contributed by atoms with E-state index in [1.165, 1.54) is 11.1 Å². The van der Waals surface area contributed by atoms with Crippen LogP contribution in [0.4, 0.5) is 5.69 Å². The summed E-state index contributed by atoms with van der Waals surface area (Å²) in [7, 11) is 0. The van der Waals surface area contributed by atoms with Gasteiger partial charge in [-0.05, 0) is 79.1 Å². The van der Waals surface area contributed by atoms with Crippen molar-refractivity contribution in [1.82, 2.24) is 10.6 Å². The zero-order chi connectivity index (χ0) is 20.8. The topological polar surface area (TPSA) is 53.2 Å². The zero-order valence-electron chi connectivity index (χ0n) is 17.0. The molecule has 0 aliphatic carbocycles. The average molecular weight is 442 g/mol. The van der Waals surface area contributed by atoms with Crippen molar-refractivity contribution in [3.63, 3.8) is 0 Å². The van der Waals surface area contributed by atoms with Crippen LogP contribution in [0.1, 0.15) is 39.9 Å². The van der Waals surface area contributed by atoms with Crippen molar-refractivity contribution >= 4 is 35.0 Å². The molecule has 0 radical (unpaired) electrons. The Balaban J connectivity index is 1.32. The quantitative estimate of drug-likeness (QED) is 0.578. The van der Waals surface area contributed by atoms with E-state index < -0.39 is 0 Å². The average Bonchev–Trinajstić information content (AvgIpc) is 3.16. The van der Waals surface area contributed by atoms with Crippen molar-refractivity contribution in [3.8, 4) is 0 Å².